The van der Waals surface area contributed by atoms with Gasteiger partial charge in [0.2, 0.25) is 0 Å². The smallest absolute Gasteiger partial charge is 0.0337 e. The van der Waals surface area contributed by atoms with Crippen LogP contribution in [0.4, 0.5) is 0 Å². The molecular formula is C12H17ClN2. The van der Waals surface area contributed by atoms with Crippen LogP contribution in [-0.2, 0) is 6.54 Å². The Kier molecular flexibility index (Phi) is 3.98. The van der Waals surface area contributed by atoms with Crippen LogP contribution in [0.15, 0.2) is 24.5 Å². The zero-order valence-electron chi connectivity index (χ0n) is 8.82. The van der Waals surface area contributed by atoms with Gasteiger partial charge in [-0.1, -0.05) is 6.07 Å². The number of pyridine rings is 1. The quantitative estimate of drug-likeness (QED) is 0.799. The van der Waals surface area contributed by atoms with E-state index in [0.29, 0.717) is 11.4 Å². The van der Waals surface area contributed by atoms with E-state index in [9.17, 15) is 0 Å². The van der Waals surface area contributed by atoms with E-state index in [1.54, 1.807) is 0 Å². The van der Waals surface area contributed by atoms with Gasteiger partial charge in [-0.05, 0) is 37.3 Å². The number of aromatic nitrogens is 1. The lowest BCUT2D eigenvalue weighted by Gasteiger charge is -2.25. The largest absolute Gasteiger partial charge is 0.310 e. The second kappa shape index (κ2) is 5.47. The molecule has 0 spiro atoms. The molecule has 0 aromatic carbocycles. The number of halogens is 1. The lowest BCUT2D eigenvalue weighted by atomic mass is 9.95. The molecule has 0 aliphatic heterocycles. The van der Waals surface area contributed by atoms with Crippen LogP contribution in [0, 0.1) is 0 Å². The van der Waals surface area contributed by atoms with E-state index in [2.05, 4.69) is 16.4 Å². The van der Waals surface area contributed by atoms with Gasteiger partial charge >= 0.3 is 0 Å². The molecule has 0 radical (unpaired) electrons. The van der Waals surface area contributed by atoms with Gasteiger partial charge in [0.15, 0.2) is 0 Å². The van der Waals surface area contributed by atoms with Crippen LogP contribution < -0.4 is 5.32 Å². The van der Waals surface area contributed by atoms with Crippen LogP contribution in [0.3, 0.4) is 0 Å². The van der Waals surface area contributed by atoms with Gasteiger partial charge in [0.05, 0.1) is 0 Å². The number of hydrogen-bond acceptors (Lipinski definition) is 2. The number of hydrogen-bond donors (Lipinski definition) is 1. The third kappa shape index (κ3) is 3.47. The Hall–Kier alpha value is -0.600. The van der Waals surface area contributed by atoms with Crippen molar-refractivity contribution in [3.05, 3.63) is 30.1 Å². The van der Waals surface area contributed by atoms with E-state index >= 15 is 0 Å². The van der Waals surface area contributed by atoms with Crippen LogP contribution in [0.5, 0.6) is 0 Å². The maximum atomic E-state index is 6.06. The summed E-state index contributed by atoms with van der Waals surface area (Å²) in [6, 6.07) is 4.72. The normalized spacial score (nSPS) is 26.5. The molecule has 2 nitrogen and oxygen atoms in total. The lowest BCUT2D eigenvalue weighted by Crippen LogP contribution is -2.32. The molecule has 1 aliphatic rings. The predicted molar refractivity (Wildman–Crippen MR) is 63.0 cm³/mol. The minimum atomic E-state index is 0.404. The maximum absolute atomic E-state index is 6.06. The van der Waals surface area contributed by atoms with Gasteiger partial charge in [-0.15, -0.1) is 11.6 Å². The van der Waals surface area contributed by atoms with Crippen molar-refractivity contribution in [3.8, 4) is 0 Å². The average molecular weight is 225 g/mol. The predicted octanol–water partition coefficient (Wildman–Crippen LogP) is 2.72. The molecule has 15 heavy (non-hydrogen) atoms. The van der Waals surface area contributed by atoms with Gasteiger partial charge in [0.1, 0.15) is 0 Å². The molecule has 1 fully saturated rings. The first-order chi connectivity index (χ1) is 7.34. The summed E-state index contributed by atoms with van der Waals surface area (Å²) in [6.45, 7) is 0.922. The van der Waals surface area contributed by atoms with Gasteiger partial charge in [0.25, 0.3) is 0 Å². The Morgan fingerprint density at radius 3 is 2.80 bits per heavy atom. The highest BCUT2D eigenvalue weighted by Crippen LogP contribution is 2.22. The van der Waals surface area contributed by atoms with Crippen LogP contribution >= 0.6 is 11.6 Å². The molecular weight excluding hydrogens is 208 g/mol. The Bertz CT molecular complexity index is 281. The SMILES string of the molecule is ClC1CCC(NCc2cccnc2)CC1. The number of rotatable bonds is 3. The van der Waals surface area contributed by atoms with Gasteiger partial charge < -0.3 is 5.32 Å². The molecule has 0 atom stereocenters. The molecule has 1 N–H and O–H groups in total. The number of nitrogens with zero attached hydrogens (tertiary/aromatic N) is 1. The van der Waals surface area contributed by atoms with E-state index in [-0.39, 0.29) is 0 Å². The van der Waals surface area contributed by atoms with Gasteiger partial charge in [0, 0.05) is 30.4 Å². The first kappa shape index (κ1) is 10.9. The molecule has 0 bridgehead atoms. The highest BCUT2D eigenvalue weighted by atomic mass is 35.5. The van der Waals surface area contributed by atoms with Crippen molar-refractivity contribution in [2.75, 3.05) is 0 Å². The minimum absolute atomic E-state index is 0.404. The Morgan fingerprint density at radius 1 is 1.33 bits per heavy atom. The molecule has 1 saturated carbocycles. The Labute approximate surface area is 96.1 Å². The first-order valence-corrected chi connectivity index (χ1v) is 6.04. The van der Waals surface area contributed by atoms with E-state index in [4.69, 9.17) is 11.6 Å². The fourth-order valence-electron chi connectivity index (χ4n) is 2.02. The Balaban J connectivity index is 1.74. The molecule has 1 aliphatic carbocycles. The van der Waals surface area contributed by atoms with Crippen molar-refractivity contribution in [2.24, 2.45) is 0 Å². The summed E-state index contributed by atoms with van der Waals surface area (Å²) in [5.74, 6) is 0. The molecule has 1 heterocycles. The van der Waals surface area contributed by atoms with Crippen LogP contribution in [-0.4, -0.2) is 16.4 Å². The van der Waals surface area contributed by atoms with E-state index in [0.717, 1.165) is 19.4 Å². The summed E-state index contributed by atoms with van der Waals surface area (Å²) in [5, 5.41) is 3.96. The number of alkyl halides is 1. The fraction of sp³-hybridized carbons (Fsp3) is 0.583. The zero-order chi connectivity index (χ0) is 10.5. The van der Waals surface area contributed by atoms with Crippen molar-refractivity contribution < 1.29 is 0 Å². The van der Waals surface area contributed by atoms with Crippen LogP contribution in [0.25, 0.3) is 0 Å². The third-order valence-corrected chi connectivity index (χ3v) is 3.41. The standard InChI is InChI=1S/C12H17ClN2/c13-11-3-5-12(6-4-11)15-9-10-2-1-7-14-8-10/h1-2,7-8,11-12,15H,3-6,9H2. The van der Waals surface area contributed by atoms with Crippen molar-refractivity contribution in [2.45, 2.75) is 43.6 Å². The molecule has 0 saturated heterocycles. The highest BCUT2D eigenvalue weighted by Gasteiger charge is 2.18. The maximum Gasteiger partial charge on any atom is 0.0337 e. The second-order valence-electron chi connectivity index (χ2n) is 4.19. The van der Waals surface area contributed by atoms with Crippen molar-refractivity contribution >= 4 is 11.6 Å². The fourth-order valence-corrected chi connectivity index (χ4v) is 2.27. The highest BCUT2D eigenvalue weighted by molar-refractivity contribution is 6.20. The molecule has 1 aromatic rings. The molecule has 0 unspecified atom stereocenters. The summed E-state index contributed by atoms with van der Waals surface area (Å²) in [6.07, 6.45) is 8.42. The first-order valence-electron chi connectivity index (χ1n) is 5.61. The number of nitrogens with one attached hydrogen (secondary N) is 1. The third-order valence-electron chi connectivity index (χ3n) is 2.97. The molecule has 2 rings (SSSR count). The van der Waals surface area contributed by atoms with Crippen molar-refractivity contribution in [3.63, 3.8) is 0 Å². The Morgan fingerprint density at radius 2 is 2.13 bits per heavy atom. The zero-order valence-corrected chi connectivity index (χ0v) is 9.58. The molecule has 3 heteroatoms. The molecule has 0 amide bonds. The summed E-state index contributed by atoms with van der Waals surface area (Å²) in [7, 11) is 0. The molecule has 82 valence electrons. The van der Waals surface area contributed by atoms with Crippen molar-refractivity contribution in [1.82, 2.24) is 10.3 Å². The summed E-state index contributed by atoms with van der Waals surface area (Å²) < 4.78 is 0. The summed E-state index contributed by atoms with van der Waals surface area (Å²) >= 11 is 6.06. The van der Waals surface area contributed by atoms with E-state index < -0.39 is 0 Å². The minimum Gasteiger partial charge on any atom is -0.310 e. The van der Waals surface area contributed by atoms with Gasteiger partial charge in [-0.25, -0.2) is 0 Å². The van der Waals surface area contributed by atoms with Crippen LogP contribution in [0.1, 0.15) is 31.2 Å². The summed E-state index contributed by atoms with van der Waals surface area (Å²) in [5.41, 5.74) is 1.26. The van der Waals surface area contributed by atoms with Gasteiger partial charge in [-0.2, -0.15) is 0 Å². The lowest BCUT2D eigenvalue weighted by molar-refractivity contribution is 0.376. The van der Waals surface area contributed by atoms with Crippen molar-refractivity contribution in [1.29, 1.82) is 0 Å². The van der Waals surface area contributed by atoms with Crippen LogP contribution in [0.2, 0.25) is 0 Å². The van der Waals surface area contributed by atoms with E-state index in [1.807, 2.05) is 18.5 Å². The summed E-state index contributed by atoms with van der Waals surface area (Å²) in [4.78, 5) is 4.10. The topological polar surface area (TPSA) is 24.9 Å². The molecule has 1 aromatic heterocycles. The average Bonchev–Trinajstić information content (AvgIpc) is 2.30. The second-order valence-corrected chi connectivity index (χ2v) is 4.81. The monoisotopic (exact) mass is 224 g/mol. The van der Waals surface area contributed by atoms with E-state index in [1.165, 1.54) is 18.4 Å². The van der Waals surface area contributed by atoms with Gasteiger partial charge in [-0.3, -0.25) is 4.98 Å².